The maximum atomic E-state index is 12.7. The number of amides is 1. The molecule has 0 bridgehead atoms. The summed E-state index contributed by atoms with van der Waals surface area (Å²) in [4.78, 5) is 11.7. The van der Waals surface area contributed by atoms with E-state index in [2.05, 4.69) is 5.32 Å². The SMILES string of the molecule is O=C(Cc1ccc(F)cc1)NCc1cccc(O)c1. The van der Waals surface area contributed by atoms with E-state index in [-0.39, 0.29) is 23.9 Å². The maximum absolute atomic E-state index is 12.7. The van der Waals surface area contributed by atoms with E-state index >= 15 is 0 Å². The van der Waals surface area contributed by atoms with Gasteiger partial charge in [-0.15, -0.1) is 0 Å². The van der Waals surface area contributed by atoms with E-state index in [4.69, 9.17) is 0 Å². The Hall–Kier alpha value is -2.36. The third-order valence-electron chi connectivity index (χ3n) is 2.68. The van der Waals surface area contributed by atoms with Crippen LogP contribution in [0.4, 0.5) is 4.39 Å². The number of halogens is 1. The van der Waals surface area contributed by atoms with Gasteiger partial charge in [0.05, 0.1) is 6.42 Å². The number of hydrogen-bond acceptors (Lipinski definition) is 2. The fourth-order valence-electron chi connectivity index (χ4n) is 1.72. The molecule has 0 atom stereocenters. The lowest BCUT2D eigenvalue weighted by Gasteiger charge is -2.06. The second-order valence-corrected chi connectivity index (χ2v) is 4.25. The second kappa shape index (κ2) is 6.00. The van der Waals surface area contributed by atoms with Gasteiger partial charge in [-0.3, -0.25) is 4.79 Å². The van der Waals surface area contributed by atoms with Gasteiger partial charge in [0.15, 0.2) is 0 Å². The highest BCUT2D eigenvalue weighted by Crippen LogP contribution is 2.10. The summed E-state index contributed by atoms with van der Waals surface area (Å²) in [6, 6.07) is 12.5. The summed E-state index contributed by atoms with van der Waals surface area (Å²) in [5.41, 5.74) is 1.59. The Morgan fingerprint density at radius 1 is 1.11 bits per heavy atom. The number of phenolic OH excluding ortho intramolecular Hbond substituents is 1. The quantitative estimate of drug-likeness (QED) is 0.885. The van der Waals surface area contributed by atoms with Crippen molar-refractivity contribution >= 4 is 5.91 Å². The van der Waals surface area contributed by atoms with Crippen molar-refractivity contribution in [2.24, 2.45) is 0 Å². The first-order valence-electron chi connectivity index (χ1n) is 5.92. The highest BCUT2D eigenvalue weighted by molar-refractivity contribution is 5.78. The minimum atomic E-state index is -0.316. The van der Waals surface area contributed by atoms with E-state index in [1.54, 1.807) is 30.3 Å². The summed E-state index contributed by atoms with van der Waals surface area (Å²) in [5.74, 6) is -0.288. The molecule has 2 aromatic carbocycles. The Bertz CT molecular complexity index is 567. The average molecular weight is 259 g/mol. The van der Waals surface area contributed by atoms with Gasteiger partial charge in [0.2, 0.25) is 5.91 Å². The Balaban J connectivity index is 1.86. The van der Waals surface area contributed by atoms with Crippen molar-refractivity contribution in [3.05, 3.63) is 65.5 Å². The van der Waals surface area contributed by atoms with Crippen LogP contribution in [0.5, 0.6) is 5.75 Å². The van der Waals surface area contributed by atoms with Crippen molar-refractivity contribution in [3.8, 4) is 5.75 Å². The van der Waals surface area contributed by atoms with Crippen LogP contribution >= 0.6 is 0 Å². The standard InChI is InChI=1S/C15H14FNO2/c16-13-6-4-11(5-7-13)9-15(19)17-10-12-2-1-3-14(18)8-12/h1-8,18H,9-10H2,(H,17,19). The van der Waals surface area contributed by atoms with Gasteiger partial charge < -0.3 is 10.4 Å². The molecule has 0 aliphatic heterocycles. The second-order valence-electron chi connectivity index (χ2n) is 4.25. The number of carbonyl (C=O) groups is 1. The minimum absolute atomic E-state index is 0.144. The first kappa shape index (κ1) is 13.1. The van der Waals surface area contributed by atoms with Crippen LogP contribution in [0.3, 0.4) is 0 Å². The van der Waals surface area contributed by atoms with Gasteiger partial charge in [-0.25, -0.2) is 4.39 Å². The Kier molecular flexibility index (Phi) is 4.13. The average Bonchev–Trinajstić information content (AvgIpc) is 2.39. The molecule has 4 heteroatoms. The number of rotatable bonds is 4. The van der Waals surface area contributed by atoms with E-state index in [0.29, 0.717) is 6.54 Å². The highest BCUT2D eigenvalue weighted by Gasteiger charge is 2.03. The number of carbonyl (C=O) groups excluding carboxylic acids is 1. The fourth-order valence-corrected chi connectivity index (χ4v) is 1.72. The summed E-state index contributed by atoms with van der Waals surface area (Å²) < 4.78 is 12.7. The van der Waals surface area contributed by atoms with Crippen molar-refractivity contribution in [1.82, 2.24) is 5.32 Å². The molecule has 0 aliphatic carbocycles. The molecule has 0 radical (unpaired) electrons. The van der Waals surface area contributed by atoms with Gasteiger partial charge in [-0.05, 0) is 35.4 Å². The van der Waals surface area contributed by atoms with Gasteiger partial charge in [0.1, 0.15) is 11.6 Å². The zero-order chi connectivity index (χ0) is 13.7. The first-order chi connectivity index (χ1) is 9.13. The molecular weight excluding hydrogens is 245 g/mol. The molecular formula is C15H14FNO2. The topological polar surface area (TPSA) is 49.3 Å². The largest absolute Gasteiger partial charge is 0.508 e. The van der Waals surface area contributed by atoms with Crippen molar-refractivity contribution in [3.63, 3.8) is 0 Å². The van der Waals surface area contributed by atoms with Gasteiger partial charge in [-0.2, -0.15) is 0 Å². The Morgan fingerprint density at radius 3 is 2.53 bits per heavy atom. The number of aromatic hydroxyl groups is 1. The summed E-state index contributed by atoms with van der Waals surface area (Å²) >= 11 is 0. The van der Waals surface area contributed by atoms with Crippen molar-refractivity contribution in [2.75, 3.05) is 0 Å². The molecule has 0 aliphatic rings. The van der Waals surface area contributed by atoms with E-state index in [0.717, 1.165) is 11.1 Å². The third-order valence-corrected chi connectivity index (χ3v) is 2.68. The molecule has 0 spiro atoms. The number of nitrogens with one attached hydrogen (secondary N) is 1. The summed E-state index contributed by atoms with van der Waals surface area (Å²) in [6.07, 6.45) is 0.207. The van der Waals surface area contributed by atoms with E-state index < -0.39 is 0 Å². The molecule has 2 aromatic rings. The van der Waals surface area contributed by atoms with Crippen molar-refractivity contribution < 1.29 is 14.3 Å². The van der Waals surface area contributed by atoms with Crippen molar-refractivity contribution in [1.29, 1.82) is 0 Å². The molecule has 1 amide bonds. The van der Waals surface area contributed by atoms with Crippen LogP contribution in [0.15, 0.2) is 48.5 Å². The summed E-state index contributed by atoms with van der Waals surface area (Å²) in [5, 5.41) is 12.0. The van der Waals surface area contributed by atoms with Crippen LogP contribution in [0.2, 0.25) is 0 Å². The van der Waals surface area contributed by atoms with E-state index in [9.17, 15) is 14.3 Å². The highest BCUT2D eigenvalue weighted by atomic mass is 19.1. The lowest BCUT2D eigenvalue weighted by Crippen LogP contribution is -2.24. The summed E-state index contributed by atoms with van der Waals surface area (Å²) in [6.45, 7) is 0.356. The summed E-state index contributed by atoms with van der Waals surface area (Å²) in [7, 11) is 0. The zero-order valence-electron chi connectivity index (χ0n) is 10.3. The van der Waals surface area contributed by atoms with Gasteiger partial charge >= 0.3 is 0 Å². The number of hydrogen-bond donors (Lipinski definition) is 2. The van der Waals surface area contributed by atoms with Crippen LogP contribution in [-0.2, 0) is 17.8 Å². The molecule has 0 unspecified atom stereocenters. The van der Waals surface area contributed by atoms with E-state index in [1.807, 2.05) is 6.07 Å². The molecule has 2 N–H and O–H groups in total. The molecule has 0 saturated heterocycles. The van der Waals surface area contributed by atoms with Crippen LogP contribution in [0.1, 0.15) is 11.1 Å². The Labute approximate surface area is 110 Å². The fraction of sp³-hybridized carbons (Fsp3) is 0.133. The molecule has 0 fully saturated rings. The minimum Gasteiger partial charge on any atom is -0.508 e. The first-order valence-corrected chi connectivity index (χ1v) is 5.92. The zero-order valence-corrected chi connectivity index (χ0v) is 10.3. The molecule has 3 nitrogen and oxygen atoms in total. The third kappa shape index (κ3) is 4.10. The van der Waals surface area contributed by atoms with Crippen LogP contribution in [0, 0.1) is 5.82 Å². The maximum Gasteiger partial charge on any atom is 0.224 e. The Morgan fingerprint density at radius 2 is 1.84 bits per heavy atom. The molecule has 19 heavy (non-hydrogen) atoms. The molecule has 2 rings (SSSR count). The molecule has 0 heterocycles. The lowest BCUT2D eigenvalue weighted by atomic mass is 10.1. The van der Waals surface area contributed by atoms with Gasteiger partial charge in [-0.1, -0.05) is 24.3 Å². The van der Waals surface area contributed by atoms with Gasteiger partial charge in [0, 0.05) is 6.54 Å². The van der Waals surface area contributed by atoms with Crippen LogP contribution in [-0.4, -0.2) is 11.0 Å². The predicted molar refractivity (Wildman–Crippen MR) is 70.1 cm³/mol. The monoisotopic (exact) mass is 259 g/mol. The van der Waals surface area contributed by atoms with Crippen molar-refractivity contribution in [2.45, 2.75) is 13.0 Å². The van der Waals surface area contributed by atoms with Crippen LogP contribution in [0.25, 0.3) is 0 Å². The number of benzene rings is 2. The van der Waals surface area contributed by atoms with Gasteiger partial charge in [0.25, 0.3) is 0 Å². The smallest absolute Gasteiger partial charge is 0.224 e. The molecule has 0 aromatic heterocycles. The van der Waals surface area contributed by atoms with Crippen LogP contribution < -0.4 is 5.32 Å². The lowest BCUT2D eigenvalue weighted by molar-refractivity contribution is -0.120. The van der Waals surface area contributed by atoms with E-state index in [1.165, 1.54) is 12.1 Å². The molecule has 0 saturated carbocycles. The normalized spacial score (nSPS) is 10.2. The molecule has 98 valence electrons. The predicted octanol–water partition coefficient (Wildman–Crippen LogP) is 2.39. The number of phenols is 1.